The third kappa shape index (κ3) is 7.09. The quantitative estimate of drug-likeness (QED) is 0.197. The fraction of sp³-hybridized carbons (Fsp3) is 0.367. The Labute approximate surface area is 256 Å². The van der Waals surface area contributed by atoms with Crippen LogP contribution in [0, 0.1) is 12.7 Å². The lowest BCUT2D eigenvalue weighted by Crippen LogP contribution is -2.33. The maximum absolute atomic E-state index is 15.2. The van der Waals surface area contributed by atoms with Crippen LogP contribution in [-0.4, -0.2) is 58.0 Å². The first-order chi connectivity index (χ1) is 20.3. The second-order valence-corrected chi connectivity index (χ2v) is 14.7. The zero-order valence-electron chi connectivity index (χ0n) is 24.8. The number of nitrogens with zero attached hydrogens (tertiary/aromatic N) is 5. The average molecular weight is 627 g/mol. The molecule has 2 aromatic carbocycles. The summed E-state index contributed by atoms with van der Waals surface area (Å²) in [4.78, 5) is 11.2. The summed E-state index contributed by atoms with van der Waals surface area (Å²) in [5, 5.41) is 11.0. The van der Waals surface area contributed by atoms with E-state index in [0.717, 1.165) is 37.1 Å². The largest absolute Gasteiger partial charge is 0.340 e. The Bertz CT molecular complexity index is 1730. The van der Waals surface area contributed by atoms with Gasteiger partial charge in [0.2, 0.25) is 16.0 Å². The molecule has 0 aliphatic carbocycles. The number of aryl methyl sites for hydroxylation is 1. The molecule has 5 rings (SSSR count). The highest BCUT2D eigenvalue weighted by Crippen LogP contribution is 2.32. The van der Waals surface area contributed by atoms with Gasteiger partial charge in [0.25, 0.3) is 0 Å². The third-order valence-corrected chi connectivity index (χ3v) is 9.88. The normalized spacial score (nSPS) is 15.0. The maximum atomic E-state index is 15.2. The number of hydrogen-bond acceptors (Lipinski definition) is 8. The molecule has 13 heteroatoms. The van der Waals surface area contributed by atoms with Crippen LogP contribution in [0.2, 0.25) is 5.02 Å². The van der Waals surface area contributed by atoms with E-state index in [9.17, 15) is 8.42 Å². The lowest BCUT2D eigenvalue weighted by Gasteiger charge is -2.28. The zero-order chi connectivity index (χ0) is 30.9. The lowest BCUT2D eigenvalue weighted by atomic mass is 10.1. The number of halogens is 2. The average Bonchev–Trinajstić information content (AvgIpc) is 3.42. The van der Waals surface area contributed by atoms with E-state index >= 15 is 4.39 Å². The fourth-order valence-corrected chi connectivity index (χ4v) is 5.62. The van der Waals surface area contributed by atoms with E-state index in [1.807, 2.05) is 17.8 Å². The van der Waals surface area contributed by atoms with Gasteiger partial charge in [-0.2, -0.15) is 10.1 Å². The van der Waals surface area contributed by atoms with Crippen LogP contribution < -0.4 is 15.4 Å². The number of rotatable bonds is 8. The predicted octanol–water partition coefficient (Wildman–Crippen LogP) is 6.74. The van der Waals surface area contributed by atoms with Crippen LogP contribution in [0.5, 0.6) is 0 Å². The van der Waals surface area contributed by atoms with Gasteiger partial charge in [-0.25, -0.2) is 17.8 Å². The van der Waals surface area contributed by atoms with Crippen LogP contribution in [0.1, 0.15) is 45.2 Å². The van der Waals surface area contributed by atoms with Crippen LogP contribution in [0.25, 0.3) is 11.1 Å². The van der Waals surface area contributed by atoms with E-state index in [4.69, 9.17) is 11.6 Å². The number of piperidine rings is 1. The van der Waals surface area contributed by atoms with Crippen molar-refractivity contribution >= 4 is 50.5 Å². The van der Waals surface area contributed by atoms with Crippen LogP contribution >= 0.6 is 11.6 Å². The monoisotopic (exact) mass is 626 g/mol. The molecule has 3 heterocycles. The van der Waals surface area contributed by atoms with Gasteiger partial charge in [-0.15, -0.1) is 0 Å². The van der Waals surface area contributed by atoms with E-state index in [0.29, 0.717) is 28.8 Å². The summed E-state index contributed by atoms with van der Waals surface area (Å²) in [7, 11) is -1.56. The molecule has 228 valence electrons. The van der Waals surface area contributed by atoms with Crippen LogP contribution in [0.4, 0.5) is 33.2 Å². The van der Waals surface area contributed by atoms with Crippen molar-refractivity contribution in [1.29, 1.82) is 0 Å². The van der Waals surface area contributed by atoms with Gasteiger partial charge in [0.05, 0.1) is 27.7 Å². The fourth-order valence-electron chi connectivity index (χ4n) is 4.64. The Balaban J connectivity index is 1.30. The van der Waals surface area contributed by atoms with Crippen molar-refractivity contribution in [2.75, 3.05) is 35.5 Å². The molecular weight excluding hydrogens is 591 g/mol. The van der Waals surface area contributed by atoms with Crippen LogP contribution in [-0.2, 0) is 10.0 Å². The van der Waals surface area contributed by atoms with Gasteiger partial charge >= 0.3 is 0 Å². The number of likely N-dealkylation sites (tertiary alicyclic amines) is 1. The Hall–Kier alpha value is -3.74. The molecule has 4 aromatic rings. The summed E-state index contributed by atoms with van der Waals surface area (Å²) >= 11 is 6.28. The highest BCUT2D eigenvalue weighted by atomic mass is 35.5. The first-order valence-corrected chi connectivity index (χ1v) is 15.9. The van der Waals surface area contributed by atoms with Crippen molar-refractivity contribution in [2.45, 2.75) is 51.3 Å². The van der Waals surface area contributed by atoms with Crippen molar-refractivity contribution in [3.63, 3.8) is 0 Å². The molecule has 43 heavy (non-hydrogen) atoms. The summed E-state index contributed by atoms with van der Waals surface area (Å²) in [6.45, 7) is 8.70. The number of hydrogen-bond donors (Lipinski definition) is 3. The third-order valence-electron chi connectivity index (χ3n) is 7.45. The molecule has 0 atom stereocenters. The highest BCUT2D eigenvalue weighted by Gasteiger charge is 2.29. The molecular formula is C30H36ClFN8O2S. The number of nitrogens with one attached hydrogen (secondary N) is 3. The molecule has 0 bridgehead atoms. The molecule has 1 fully saturated rings. The predicted molar refractivity (Wildman–Crippen MR) is 170 cm³/mol. The molecule has 1 aliphatic rings. The minimum Gasteiger partial charge on any atom is -0.340 e. The summed E-state index contributed by atoms with van der Waals surface area (Å²) in [6, 6.07) is 10.1. The van der Waals surface area contributed by atoms with Crippen molar-refractivity contribution in [3.8, 4) is 11.1 Å². The number of anilines is 5. The smallest absolute Gasteiger partial charge is 0.237 e. The van der Waals surface area contributed by atoms with E-state index in [1.54, 1.807) is 63.5 Å². The molecule has 2 aromatic heterocycles. The van der Waals surface area contributed by atoms with Gasteiger partial charge in [-0.1, -0.05) is 11.6 Å². The van der Waals surface area contributed by atoms with Gasteiger partial charge in [-0.05, 0) is 97.1 Å². The van der Waals surface area contributed by atoms with Crippen molar-refractivity contribution in [1.82, 2.24) is 24.6 Å². The first-order valence-electron chi connectivity index (χ1n) is 14.0. The molecule has 10 nitrogen and oxygen atoms in total. The lowest BCUT2D eigenvalue weighted by molar-refractivity contribution is 0.212. The first kappa shape index (κ1) is 30.7. The summed E-state index contributed by atoms with van der Waals surface area (Å²) in [5.74, 6) is 0.366. The molecule has 0 unspecified atom stereocenters. The Kier molecular flexibility index (Phi) is 8.64. The summed E-state index contributed by atoms with van der Waals surface area (Å²) < 4.78 is 44.1. The van der Waals surface area contributed by atoms with Gasteiger partial charge in [-0.3, -0.25) is 9.40 Å². The topological polar surface area (TPSA) is 117 Å². The molecule has 0 radical (unpaired) electrons. The van der Waals surface area contributed by atoms with Crippen LogP contribution in [0.3, 0.4) is 0 Å². The Morgan fingerprint density at radius 2 is 1.72 bits per heavy atom. The minimum absolute atomic E-state index is 0.249. The maximum Gasteiger partial charge on any atom is 0.237 e. The van der Waals surface area contributed by atoms with Gasteiger partial charge in [0.15, 0.2) is 0 Å². The molecule has 1 aliphatic heterocycles. The van der Waals surface area contributed by atoms with Crippen molar-refractivity contribution in [3.05, 3.63) is 71.4 Å². The molecule has 0 spiro atoms. The van der Waals surface area contributed by atoms with E-state index in [1.165, 1.54) is 6.07 Å². The molecule has 3 N–H and O–H groups in total. The number of sulfonamides is 1. The van der Waals surface area contributed by atoms with E-state index < -0.39 is 14.8 Å². The van der Waals surface area contributed by atoms with Gasteiger partial charge in [0, 0.05) is 40.5 Å². The molecule has 0 amide bonds. The highest BCUT2D eigenvalue weighted by molar-refractivity contribution is 7.94. The number of aromatic nitrogens is 4. The SMILES string of the molecule is Cc1cnc(Nc2ccc(-c3cnn(C4CCN(C)CC4)c3)c(F)c2)nc1Nc1ccc(Cl)c(NS(=O)(=O)C(C)(C)C)c1. The summed E-state index contributed by atoms with van der Waals surface area (Å²) in [5.41, 5.74) is 3.26. The second-order valence-electron chi connectivity index (χ2n) is 11.8. The summed E-state index contributed by atoms with van der Waals surface area (Å²) in [6.07, 6.45) is 7.30. The van der Waals surface area contributed by atoms with E-state index in [2.05, 4.69) is 42.4 Å². The minimum atomic E-state index is -3.68. The zero-order valence-corrected chi connectivity index (χ0v) is 26.4. The second kappa shape index (κ2) is 12.1. The van der Waals surface area contributed by atoms with Crippen LogP contribution in [0.15, 0.2) is 55.0 Å². The standard InChI is InChI=1S/C30H36ClFN8O2S/c1-19-16-33-29(37-28(19)35-22-7-9-25(31)27(15-22)38-43(41,42)30(2,3)4)36-21-6-8-24(26(32)14-21)20-17-34-40(18-20)23-10-12-39(5)13-11-23/h6-9,14-18,23,38H,10-13H2,1-5H3,(H2,33,35,36,37). The Morgan fingerprint density at radius 3 is 2.42 bits per heavy atom. The van der Waals surface area contributed by atoms with E-state index in [-0.39, 0.29) is 22.5 Å². The molecule has 1 saturated heterocycles. The number of benzene rings is 2. The van der Waals surface area contributed by atoms with Crippen molar-refractivity contribution < 1.29 is 12.8 Å². The van der Waals surface area contributed by atoms with Gasteiger partial charge < -0.3 is 15.5 Å². The van der Waals surface area contributed by atoms with Crippen molar-refractivity contribution in [2.24, 2.45) is 0 Å². The molecule has 0 saturated carbocycles. The van der Waals surface area contributed by atoms with Gasteiger partial charge in [0.1, 0.15) is 11.6 Å². The Morgan fingerprint density at radius 1 is 1.02 bits per heavy atom.